The fraction of sp³-hybridized carbons (Fsp3) is 0.667. The molecule has 0 bridgehead atoms. The Labute approximate surface area is 119 Å². The van der Waals surface area contributed by atoms with Crippen LogP contribution in [-0.2, 0) is 4.79 Å². The standard InChI is InChI=1S/C15H24O5/c16-9-5-7-12-11(13(17)10-14(12)18)6-3-1-2-4-8-15(19)20/h1,3,5,7,11-14,16-18H,2,4,6,8-10H2,(H,19,20)/b3-1-,7-5+/t11-,12-,13+,14-/m1/s1. The molecule has 0 unspecified atom stereocenters. The predicted molar refractivity (Wildman–Crippen MR) is 75.1 cm³/mol. The molecule has 4 N–H and O–H groups in total. The monoisotopic (exact) mass is 284 g/mol. The van der Waals surface area contributed by atoms with Gasteiger partial charge in [-0.2, -0.15) is 0 Å². The summed E-state index contributed by atoms with van der Waals surface area (Å²) >= 11 is 0. The lowest BCUT2D eigenvalue weighted by atomic mass is 9.90. The van der Waals surface area contributed by atoms with E-state index in [1.165, 1.54) is 0 Å². The molecule has 1 aliphatic carbocycles. The molecule has 0 aromatic carbocycles. The Morgan fingerprint density at radius 1 is 1.15 bits per heavy atom. The fourth-order valence-corrected chi connectivity index (χ4v) is 2.67. The van der Waals surface area contributed by atoms with E-state index in [-0.39, 0.29) is 24.9 Å². The number of aliphatic carboxylic acids is 1. The maximum absolute atomic E-state index is 10.4. The van der Waals surface area contributed by atoms with Crippen molar-refractivity contribution in [3.8, 4) is 0 Å². The third-order valence-corrected chi connectivity index (χ3v) is 3.72. The zero-order valence-electron chi connectivity index (χ0n) is 11.6. The molecule has 0 radical (unpaired) electrons. The average molecular weight is 284 g/mol. The molecule has 5 nitrogen and oxygen atoms in total. The Hall–Kier alpha value is -1.17. The van der Waals surface area contributed by atoms with Crippen LogP contribution in [0.25, 0.3) is 0 Å². The second-order valence-corrected chi connectivity index (χ2v) is 5.22. The van der Waals surface area contributed by atoms with Crippen LogP contribution in [0.5, 0.6) is 0 Å². The molecule has 5 heteroatoms. The second-order valence-electron chi connectivity index (χ2n) is 5.22. The van der Waals surface area contributed by atoms with E-state index < -0.39 is 18.2 Å². The number of hydrogen-bond acceptors (Lipinski definition) is 4. The molecule has 1 rings (SSSR count). The Morgan fingerprint density at radius 3 is 2.55 bits per heavy atom. The van der Waals surface area contributed by atoms with Gasteiger partial charge in [0.1, 0.15) is 0 Å². The zero-order chi connectivity index (χ0) is 15.0. The van der Waals surface area contributed by atoms with Gasteiger partial charge in [0.05, 0.1) is 18.8 Å². The predicted octanol–water partition coefficient (Wildman–Crippen LogP) is 1.09. The van der Waals surface area contributed by atoms with Gasteiger partial charge in [0, 0.05) is 18.8 Å². The van der Waals surface area contributed by atoms with Crippen molar-refractivity contribution in [1.82, 2.24) is 0 Å². The van der Waals surface area contributed by atoms with Gasteiger partial charge in [0.15, 0.2) is 0 Å². The maximum Gasteiger partial charge on any atom is 0.303 e. The third kappa shape index (κ3) is 5.45. The molecule has 0 aromatic heterocycles. The van der Waals surface area contributed by atoms with Crippen LogP contribution < -0.4 is 0 Å². The van der Waals surface area contributed by atoms with E-state index in [0.717, 1.165) is 0 Å². The van der Waals surface area contributed by atoms with Crippen LogP contribution >= 0.6 is 0 Å². The van der Waals surface area contributed by atoms with Crippen molar-refractivity contribution < 1.29 is 25.2 Å². The number of aliphatic hydroxyl groups is 3. The summed E-state index contributed by atoms with van der Waals surface area (Å²) in [6.45, 7) is -0.0724. The van der Waals surface area contributed by atoms with E-state index in [1.807, 2.05) is 12.2 Å². The Balaban J connectivity index is 2.41. The third-order valence-electron chi connectivity index (χ3n) is 3.72. The minimum Gasteiger partial charge on any atom is -0.481 e. The maximum atomic E-state index is 10.4. The van der Waals surface area contributed by atoms with Crippen LogP contribution in [0.3, 0.4) is 0 Å². The summed E-state index contributed by atoms with van der Waals surface area (Å²) in [6.07, 6.45) is 8.59. The van der Waals surface area contributed by atoms with Gasteiger partial charge in [0.2, 0.25) is 0 Å². The first-order chi connectivity index (χ1) is 9.56. The Morgan fingerprint density at radius 2 is 1.90 bits per heavy atom. The van der Waals surface area contributed by atoms with E-state index in [1.54, 1.807) is 12.2 Å². The molecule has 0 aliphatic heterocycles. The van der Waals surface area contributed by atoms with Crippen molar-refractivity contribution >= 4 is 5.97 Å². The van der Waals surface area contributed by atoms with Gasteiger partial charge in [0.25, 0.3) is 0 Å². The molecule has 20 heavy (non-hydrogen) atoms. The quantitative estimate of drug-likeness (QED) is 0.395. The van der Waals surface area contributed by atoms with E-state index >= 15 is 0 Å². The molecular weight excluding hydrogens is 260 g/mol. The van der Waals surface area contributed by atoms with Crippen LogP contribution in [0.1, 0.15) is 32.1 Å². The molecule has 1 aliphatic rings. The summed E-state index contributed by atoms with van der Waals surface area (Å²) < 4.78 is 0. The molecule has 4 atom stereocenters. The van der Waals surface area contributed by atoms with Crippen molar-refractivity contribution in [3.05, 3.63) is 24.3 Å². The van der Waals surface area contributed by atoms with Crippen molar-refractivity contribution in [2.75, 3.05) is 6.61 Å². The summed E-state index contributed by atoms with van der Waals surface area (Å²) in [5.41, 5.74) is 0. The van der Waals surface area contributed by atoms with Gasteiger partial charge in [-0.1, -0.05) is 24.3 Å². The molecule has 0 spiro atoms. The number of rotatable bonds is 8. The van der Waals surface area contributed by atoms with Gasteiger partial charge in [-0.15, -0.1) is 0 Å². The average Bonchev–Trinajstić information content (AvgIpc) is 2.65. The Kier molecular flexibility index (Phi) is 7.51. The lowest BCUT2D eigenvalue weighted by Crippen LogP contribution is -2.19. The number of carboxylic acids is 1. The van der Waals surface area contributed by atoms with E-state index in [2.05, 4.69) is 0 Å². The first-order valence-corrected chi connectivity index (χ1v) is 7.06. The van der Waals surface area contributed by atoms with Gasteiger partial charge in [-0.05, 0) is 25.2 Å². The topological polar surface area (TPSA) is 98.0 Å². The van der Waals surface area contributed by atoms with Gasteiger partial charge in [-0.25, -0.2) is 0 Å². The van der Waals surface area contributed by atoms with Crippen molar-refractivity contribution in [3.63, 3.8) is 0 Å². The molecule has 0 amide bonds. The van der Waals surface area contributed by atoms with E-state index in [4.69, 9.17) is 10.2 Å². The highest BCUT2D eigenvalue weighted by Crippen LogP contribution is 2.36. The van der Waals surface area contributed by atoms with E-state index in [0.29, 0.717) is 25.7 Å². The summed E-state index contributed by atoms with van der Waals surface area (Å²) in [5, 5.41) is 37.1. The number of carbonyl (C=O) groups is 1. The summed E-state index contributed by atoms with van der Waals surface area (Å²) in [4.78, 5) is 10.4. The van der Waals surface area contributed by atoms with Crippen LogP contribution in [0, 0.1) is 11.8 Å². The molecule has 1 saturated carbocycles. The molecular formula is C15H24O5. The highest BCUT2D eigenvalue weighted by atomic mass is 16.4. The highest BCUT2D eigenvalue weighted by Gasteiger charge is 2.39. The van der Waals surface area contributed by atoms with Crippen molar-refractivity contribution in [1.29, 1.82) is 0 Å². The summed E-state index contributed by atoms with van der Waals surface area (Å²) in [6, 6.07) is 0. The SMILES string of the molecule is O=C(O)CCC/C=C\C[C@@H]1[C@@H](/C=C/CO)[C@H](O)C[C@@H]1O. The van der Waals surface area contributed by atoms with Crippen molar-refractivity contribution in [2.45, 2.75) is 44.3 Å². The minimum absolute atomic E-state index is 0.0523. The molecule has 0 heterocycles. The molecule has 114 valence electrons. The van der Waals surface area contributed by atoms with Crippen LogP contribution in [-0.4, -0.2) is 45.2 Å². The first-order valence-electron chi connectivity index (χ1n) is 7.06. The number of unbranched alkanes of at least 4 members (excludes halogenated alkanes) is 1. The zero-order valence-corrected chi connectivity index (χ0v) is 11.6. The second kappa shape index (κ2) is 8.89. The minimum atomic E-state index is -0.790. The fourth-order valence-electron chi connectivity index (χ4n) is 2.67. The highest BCUT2D eigenvalue weighted by molar-refractivity contribution is 5.66. The van der Waals surface area contributed by atoms with Gasteiger partial charge < -0.3 is 20.4 Å². The normalized spacial score (nSPS) is 30.6. The largest absolute Gasteiger partial charge is 0.481 e. The number of aliphatic hydroxyl groups excluding tert-OH is 3. The van der Waals surface area contributed by atoms with Crippen LogP contribution in [0.15, 0.2) is 24.3 Å². The Bertz CT molecular complexity index is 350. The van der Waals surface area contributed by atoms with Gasteiger partial charge >= 0.3 is 5.97 Å². The van der Waals surface area contributed by atoms with Crippen molar-refractivity contribution in [2.24, 2.45) is 11.8 Å². The summed E-state index contributed by atoms with van der Waals surface area (Å²) in [5.74, 6) is -0.980. The lowest BCUT2D eigenvalue weighted by Gasteiger charge is -2.19. The van der Waals surface area contributed by atoms with Crippen LogP contribution in [0.2, 0.25) is 0 Å². The molecule has 1 fully saturated rings. The van der Waals surface area contributed by atoms with Gasteiger partial charge in [-0.3, -0.25) is 4.79 Å². The smallest absolute Gasteiger partial charge is 0.303 e. The molecule has 0 aromatic rings. The number of hydrogen-bond donors (Lipinski definition) is 4. The van der Waals surface area contributed by atoms with E-state index in [9.17, 15) is 15.0 Å². The summed E-state index contributed by atoms with van der Waals surface area (Å²) in [7, 11) is 0. The number of allylic oxidation sites excluding steroid dienone is 2. The lowest BCUT2D eigenvalue weighted by molar-refractivity contribution is -0.137. The molecule has 0 saturated heterocycles. The first kappa shape index (κ1) is 16.9. The number of carboxylic acid groups (broad SMARTS) is 1. The van der Waals surface area contributed by atoms with Crippen LogP contribution in [0.4, 0.5) is 0 Å².